The molecule has 0 aliphatic carbocycles. The Hall–Kier alpha value is -0.830. The van der Waals surface area contributed by atoms with Gasteiger partial charge in [-0.05, 0) is 19.3 Å². The largest absolute Gasteiger partial charge is 0.396 e. The standard InChI is InChI=1S/C11H20N2O/c1-8(2)7-10-9(3)12-11(5-6-14)13(10)4/h8,14H,5-7H2,1-4H3. The van der Waals surface area contributed by atoms with Crippen LogP contribution in [-0.2, 0) is 19.9 Å². The van der Waals surface area contributed by atoms with Gasteiger partial charge in [0.2, 0.25) is 0 Å². The summed E-state index contributed by atoms with van der Waals surface area (Å²) in [6, 6.07) is 0. The van der Waals surface area contributed by atoms with E-state index in [1.165, 1.54) is 5.69 Å². The van der Waals surface area contributed by atoms with Crippen molar-refractivity contribution >= 4 is 0 Å². The second-order valence-electron chi connectivity index (χ2n) is 4.19. The zero-order chi connectivity index (χ0) is 10.7. The quantitative estimate of drug-likeness (QED) is 0.791. The van der Waals surface area contributed by atoms with Crippen molar-refractivity contribution in [2.45, 2.75) is 33.6 Å². The summed E-state index contributed by atoms with van der Waals surface area (Å²) in [6.07, 6.45) is 1.70. The van der Waals surface area contributed by atoms with E-state index in [9.17, 15) is 0 Å². The molecule has 0 atom stereocenters. The number of aliphatic hydroxyl groups excluding tert-OH is 1. The lowest BCUT2D eigenvalue weighted by Crippen LogP contribution is -2.06. The minimum Gasteiger partial charge on any atom is -0.396 e. The van der Waals surface area contributed by atoms with Crippen LogP contribution in [0.4, 0.5) is 0 Å². The summed E-state index contributed by atoms with van der Waals surface area (Å²) < 4.78 is 2.12. The molecule has 1 aromatic rings. The van der Waals surface area contributed by atoms with E-state index < -0.39 is 0 Å². The summed E-state index contributed by atoms with van der Waals surface area (Å²) in [4.78, 5) is 4.46. The first-order valence-corrected chi connectivity index (χ1v) is 5.18. The highest BCUT2D eigenvalue weighted by Gasteiger charge is 2.11. The van der Waals surface area contributed by atoms with Crippen LogP contribution >= 0.6 is 0 Å². The highest BCUT2D eigenvalue weighted by Crippen LogP contribution is 2.14. The summed E-state index contributed by atoms with van der Waals surface area (Å²) in [6.45, 7) is 6.63. The second kappa shape index (κ2) is 4.60. The summed E-state index contributed by atoms with van der Waals surface area (Å²) in [5.41, 5.74) is 2.40. The molecular weight excluding hydrogens is 176 g/mol. The zero-order valence-corrected chi connectivity index (χ0v) is 9.54. The van der Waals surface area contributed by atoms with Gasteiger partial charge >= 0.3 is 0 Å². The fourth-order valence-corrected chi connectivity index (χ4v) is 1.73. The van der Waals surface area contributed by atoms with Gasteiger partial charge in [0.25, 0.3) is 0 Å². The lowest BCUT2D eigenvalue weighted by molar-refractivity contribution is 0.295. The Morgan fingerprint density at radius 1 is 1.43 bits per heavy atom. The van der Waals surface area contributed by atoms with Crippen LogP contribution in [0.25, 0.3) is 0 Å². The van der Waals surface area contributed by atoms with Crippen LogP contribution < -0.4 is 0 Å². The van der Waals surface area contributed by atoms with Crippen molar-refractivity contribution < 1.29 is 5.11 Å². The molecule has 0 unspecified atom stereocenters. The minimum absolute atomic E-state index is 0.172. The number of imidazole rings is 1. The molecule has 0 aliphatic heterocycles. The lowest BCUT2D eigenvalue weighted by atomic mass is 10.1. The van der Waals surface area contributed by atoms with Gasteiger partial charge in [0.05, 0.1) is 12.3 Å². The third-order valence-electron chi connectivity index (χ3n) is 2.44. The Morgan fingerprint density at radius 2 is 2.07 bits per heavy atom. The van der Waals surface area contributed by atoms with E-state index in [1.807, 2.05) is 14.0 Å². The number of hydrogen-bond acceptors (Lipinski definition) is 2. The first kappa shape index (κ1) is 11.2. The molecule has 1 heterocycles. The van der Waals surface area contributed by atoms with Gasteiger partial charge in [-0.15, -0.1) is 0 Å². The molecular formula is C11H20N2O. The van der Waals surface area contributed by atoms with Gasteiger partial charge in [-0.25, -0.2) is 4.98 Å². The Bertz CT molecular complexity index is 302. The van der Waals surface area contributed by atoms with Crippen molar-refractivity contribution in [3.05, 3.63) is 17.2 Å². The van der Waals surface area contributed by atoms with Crippen molar-refractivity contribution in [1.29, 1.82) is 0 Å². The summed E-state index contributed by atoms with van der Waals surface area (Å²) in [5, 5.41) is 8.87. The molecule has 3 nitrogen and oxygen atoms in total. The lowest BCUT2D eigenvalue weighted by Gasteiger charge is -2.08. The topological polar surface area (TPSA) is 38.1 Å². The zero-order valence-electron chi connectivity index (χ0n) is 9.54. The molecule has 0 radical (unpaired) electrons. The Kier molecular flexibility index (Phi) is 3.69. The molecule has 0 saturated carbocycles. The van der Waals surface area contributed by atoms with Crippen LogP contribution in [0.5, 0.6) is 0 Å². The molecule has 0 amide bonds. The number of rotatable bonds is 4. The second-order valence-corrected chi connectivity index (χ2v) is 4.19. The monoisotopic (exact) mass is 196 g/mol. The Balaban J connectivity index is 2.92. The van der Waals surface area contributed by atoms with Crippen LogP contribution in [0.3, 0.4) is 0 Å². The van der Waals surface area contributed by atoms with Gasteiger partial charge in [0.1, 0.15) is 5.82 Å². The van der Waals surface area contributed by atoms with Crippen molar-refractivity contribution in [3.8, 4) is 0 Å². The number of aliphatic hydroxyl groups is 1. The van der Waals surface area contributed by atoms with E-state index in [0.29, 0.717) is 12.3 Å². The predicted molar refractivity (Wildman–Crippen MR) is 57.3 cm³/mol. The number of nitrogens with zero attached hydrogens (tertiary/aromatic N) is 2. The van der Waals surface area contributed by atoms with Crippen LogP contribution in [0, 0.1) is 12.8 Å². The fourth-order valence-electron chi connectivity index (χ4n) is 1.73. The van der Waals surface area contributed by atoms with Gasteiger partial charge in [-0.2, -0.15) is 0 Å². The van der Waals surface area contributed by atoms with E-state index in [1.54, 1.807) is 0 Å². The number of aryl methyl sites for hydroxylation is 1. The maximum atomic E-state index is 8.87. The van der Waals surface area contributed by atoms with Gasteiger partial charge in [-0.1, -0.05) is 13.8 Å². The van der Waals surface area contributed by atoms with E-state index in [2.05, 4.69) is 23.4 Å². The molecule has 0 aliphatic rings. The average Bonchev–Trinajstić information content (AvgIpc) is 2.33. The average molecular weight is 196 g/mol. The van der Waals surface area contributed by atoms with Gasteiger partial charge in [0, 0.05) is 19.2 Å². The molecule has 1 aromatic heterocycles. The Labute approximate surface area is 85.8 Å². The van der Waals surface area contributed by atoms with Crippen molar-refractivity contribution in [1.82, 2.24) is 9.55 Å². The molecule has 0 fully saturated rings. The molecule has 0 saturated heterocycles. The van der Waals surface area contributed by atoms with Crippen LogP contribution in [0.1, 0.15) is 31.1 Å². The normalized spacial score (nSPS) is 11.3. The molecule has 14 heavy (non-hydrogen) atoms. The van der Waals surface area contributed by atoms with Crippen LogP contribution in [-0.4, -0.2) is 21.3 Å². The van der Waals surface area contributed by atoms with E-state index in [-0.39, 0.29) is 6.61 Å². The highest BCUT2D eigenvalue weighted by molar-refractivity contribution is 5.16. The molecule has 0 spiro atoms. The maximum absolute atomic E-state index is 8.87. The van der Waals surface area contributed by atoms with Crippen LogP contribution in [0.15, 0.2) is 0 Å². The molecule has 0 bridgehead atoms. The SMILES string of the molecule is Cc1nc(CCO)n(C)c1CC(C)C. The minimum atomic E-state index is 0.172. The van der Waals surface area contributed by atoms with Crippen molar-refractivity contribution in [2.75, 3.05) is 6.61 Å². The smallest absolute Gasteiger partial charge is 0.111 e. The third-order valence-corrected chi connectivity index (χ3v) is 2.44. The molecule has 80 valence electrons. The third kappa shape index (κ3) is 2.35. The first-order chi connectivity index (χ1) is 6.56. The van der Waals surface area contributed by atoms with Gasteiger partial charge < -0.3 is 9.67 Å². The van der Waals surface area contributed by atoms with E-state index in [0.717, 1.165) is 17.9 Å². The molecule has 1 rings (SSSR count). The summed E-state index contributed by atoms with van der Waals surface area (Å²) >= 11 is 0. The Morgan fingerprint density at radius 3 is 2.57 bits per heavy atom. The van der Waals surface area contributed by atoms with Crippen LogP contribution in [0.2, 0.25) is 0 Å². The number of aromatic nitrogens is 2. The van der Waals surface area contributed by atoms with E-state index >= 15 is 0 Å². The first-order valence-electron chi connectivity index (χ1n) is 5.18. The molecule has 3 heteroatoms. The van der Waals surface area contributed by atoms with E-state index in [4.69, 9.17) is 5.11 Å². The summed E-state index contributed by atoms with van der Waals surface area (Å²) in [5.74, 6) is 1.63. The molecule has 1 N–H and O–H groups in total. The van der Waals surface area contributed by atoms with Gasteiger partial charge in [-0.3, -0.25) is 0 Å². The van der Waals surface area contributed by atoms with Crippen molar-refractivity contribution in [2.24, 2.45) is 13.0 Å². The van der Waals surface area contributed by atoms with Gasteiger partial charge in [0.15, 0.2) is 0 Å². The maximum Gasteiger partial charge on any atom is 0.111 e. The highest BCUT2D eigenvalue weighted by atomic mass is 16.3. The fraction of sp³-hybridized carbons (Fsp3) is 0.727. The summed E-state index contributed by atoms with van der Waals surface area (Å²) in [7, 11) is 2.03. The van der Waals surface area contributed by atoms with Crippen molar-refractivity contribution in [3.63, 3.8) is 0 Å². The molecule has 0 aromatic carbocycles. The number of hydrogen-bond donors (Lipinski definition) is 1. The predicted octanol–water partition coefficient (Wildman–Crippen LogP) is 1.46.